The molecule has 86 valence electrons. The van der Waals surface area contributed by atoms with Crippen molar-refractivity contribution in [2.45, 2.75) is 20.4 Å². The fraction of sp³-hybridized carbons (Fsp3) is 0.214. The highest BCUT2D eigenvalue weighted by Crippen LogP contribution is 2.18. The van der Waals surface area contributed by atoms with Gasteiger partial charge in [-0.3, -0.25) is 0 Å². The number of rotatable bonds is 3. The van der Waals surface area contributed by atoms with Crippen LogP contribution >= 0.6 is 11.3 Å². The molecular formula is C14H14N2S. The number of benzene rings is 1. The summed E-state index contributed by atoms with van der Waals surface area (Å²) in [6.07, 6.45) is 0. The van der Waals surface area contributed by atoms with Gasteiger partial charge in [-0.25, -0.2) is 0 Å². The van der Waals surface area contributed by atoms with Crippen LogP contribution in [0.1, 0.15) is 21.6 Å². The first-order chi connectivity index (χ1) is 8.19. The van der Waals surface area contributed by atoms with Crippen molar-refractivity contribution < 1.29 is 0 Å². The lowest BCUT2D eigenvalue weighted by Gasteiger charge is -2.07. The monoisotopic (exact) mass is 242 g/mol. The summed E-state index contributed by atoms with van der Waals surface area (Å²) in [7, 11) is 0. The summed E-state index contributed by atoms with van der Waals surface area (Å²) in [5.74, 6) is 0. The lowest BCUT2D eigenvalue weighted by Crippen LogP contribution is -1.97. The van der Waals surface area contributed by atoms with Gasteiger partial charge in [-0.15, -0.1) is 11.3 Å². The summed E-state index contributed by atoms with van der Waals surface area (Å²) in [5, 5.41) is 14.0. The van der Waals surface area contributed by atoms with Gasteiger partial charge in [0, 0.05) is 22.5 Å². The third-order valence-corrected chi connectivity index (χ3v) is 3.69. The zero-order chi connectivity index (χ0) is 12.3. The van der Waals surface area contributed by atoms with Crippen molar-refractivity contribution in [3.05, 3.63) is 51.2 Å². The van der Waals surface area contributed by atoms with E-state index in [2.05, 4.69) is 43.4 Å². The van der Waals surface area contributed by atoms with Gasteiger partial charge in [0.1, 0.15) is 6.07 Å². The molecule has 0 aliphatic rings. The molecule has 0 saturated carbocycles. The number of nitriles is 1. The molecule has 0 aliphatic heterocycles. The molecule has 0 fully saturated rings. The molecule has 0 spiro atoms. The smallest absolute Gasteiger partial charge is 0.100 e. The Morgan fingerprint density at radius 3 is 2.71 bits per heavy atom. The van der Waals surface area contributed by atoms with Crippen LogP contribution in [0.3, 0.4) is 0 Å². The quantitative estimate of drug-likeness (QED) is 0.887. The van der Waals surface area contributed by atoms with Crippen LogP contribution in [0.2, 0.25) is 0 Å². The Hall–Kier alpha value is -1.79. The van der Waals surface area contributed by atoms with E-state index in [0.29, 0.717) is 0 Å². The standard InChI is InChI=1S/C14H14N2S/c1-10-3-4-13(5-11(10)2)16-8-14-6-12(7-15)9-17-14/h3-6,9,16H,8H2,1-2H3. The first kappa shape index (κ1) is 11.7. The minimum atomic E-state index is 0.742. The van der Waals surface area contributed by atoms with E-state index in [-0.39, 0.29) is 0 Å². The van der Waals surface area contributed by atoms with Gasteiger partial charge in [0.05, 0.1) is 5.56 Å². The molecule has 3 heteroatoms. The SMILES string of the molecule is Cc1ccc(NCc2cc(C#N)cs2)cc1C. The molecule has 0 bridgehead atoms. The number of hydrogen-bond acceptors (Lipinski definition) is 3. The van der Waals surface area contributed by atoms with E-state index in [1.165, 1.54) is 16.0 Å². The van der Waals surface area contributed by atoms with E-state index in [0.717, 1.165) is 17.8 Å². The average Bonchev–Trinajstić information content (AvgIpc) is 2.79. The number of nitrogens with zero attached hydrogens (tertiary/aromatic N) is 1. The molecule has 1 aromatic carbocycles. The second-order valence-corrected chi connectivity index (χ2v) is 5.06. The van der Waals surface area contributed by atoms with E-state index in [9.17, 15) is 0 Å². The van der Waals surface area contributed by atoms with Crippen molar-refractivity contribution in [3.63, 3.8) is 0 Å². The minimum Gasteiger partial charge on any atom is -0.380 e. The van der Waals surface area contributed by atoms with Gasteiger partial charge in [-0.2, -0.15) is 5.26 Å². The molecule has 2 aromatic rings. The lowest BCUT2D eigenvalue weighted by atomic mass is 10.1. The van der Waals surface area contributed by atoms with Crippen LogP contribution in [-0.4, -0.2) is 0 Å². The maximum atomic E-state index is 8.74. The van der Waals surface area contributed by atoms with Gasteiger partial charge < -0.3 is 5.32 Å². The molecule has 1 N–H and O–H groups in total. The van der Waals surface area contributed by atoms with Crippen LogP contribution in [0, 0.1) is 25.2 Å². The Balaban J connectivity index is 2.02. The molecule has 1 aromatic heterocycles. The molecule has 1 heterocycles. The zero-order valence-corrected chi connectivity index (χ0v) is 10.8. The Kier molecular flexibility index (Phi) is 3.46. The van der Waals surface area contributed by atoms with E-state index < -0.39 is 0 Å². The molecule has 17 heavy (non-hydrogen) atoms. The highest BCUT2D eigenvalue weighted by molar-refractivity contribution is 7.10. The largest absolute Gasteiger partial charge is 0.380 e. The van der Waals surface area contributed by atoms with Crippen molar-refractivity contribution in [3.8, 4) is 6.07 Å². The Bertz CT molecular complexity index is 564. The number of hydrogen-bond donors (Lipinski definition) is 1. The first-order valence-electron chi connectivity index (χ1n) is 5.47. The van der Waals surface area contributed by atoms with E-state index >= 15 is 0 Å². The molecule has 0 radical (unpaired) electrons. The van der Waals surface area contributed by atoms with Crippen molar-refractivity contribution in [2.75, 3.05) is 5.32 Å². The second-order valence-electron chi connectivity index (χ2n) is 4.07. The molecule has 0 atom stereocenters. The summed E-state index contributed by atoms with van der Waals surface area (Å²) < 4.78 is 0. The van der Waals surface area contributed by atoms with Gasteiger partial charge in [0.15, 0.2) is 0 Å². The predicted molar refractivity (Wildman–Crippen MR) is 72.3 cm³/mol. The lowest BCUT2D eigenvalue weighted by molar-refractivity contribution is 1.18. The normalized spacial score (nSPS) is 9.94. The van der Waals surface area contributed by atoms with E-state index in [1.807, 2.05) is 11.4 Å². The van der Waals surface area contributed by atoms with Crippen molar-refractivity contribution in [1.29, 1.82) is 5.26 Å². The molecule has 0 saturated heterocycles. The predicted octanol–water partition coefficient (Wildman–Crippen LogP) is 3.85. The van der Waals surface area contributed by atoms with Crippen LogP contribution < -0.4 is 5.32 Å². The number of thiophene rings is 1. The van der Waals surface area contributed by atoms with Gasteiger partial charge in [0.2, 0.25) is 0 Å². The summed E-state index contributed by atoms with van der Waals surface area (Å²) in [4.78, 5) is 1.18. The van der Waals surface area contributed by atoms with Crippen LogP contribution in [0.25, 0.3) is 0 Å². The van der Waals surface area contributed by atoms with Gasteiger partial charge in [0.25, 0.3) is 0 Å². The molecule has 0 amide bonds. The third kappa shape index (κ3) is 2.86. The highest BCUT2D eigenvalue weighted by Gasteiger charge is 2.00. The Labute approximate surface area is 106 Å². The maximum absolute atomic E-state index is 8.74. The third-order valence-electron chi connectivity index (χ3n) is 2.76. The van der Waals surface area contributed by atoms with E-state index in [4.69, 9.17) is 5.26 Å². The van der Waals surface area contributed by atoms with E-state index in [1.54, 1.807) is 11.3 Å². The molecule has 0 aliphatic carbocycles. The molecule has 2 nitrogen and oxygen atoms in total. The van der Waals surface area contributed by atoms with Crippen LogP contribution in [0.4, 0.5) is 5.69 Å². The topological polar surface area (TPSA) is 35.8 Å². The molecule has 0 unspecified atom stereocenters. The fourth-order valence-corrected chi connectivity index (χ4v) is 2.32. The van der Waals surface area contributed by atoms with Gasteiger partial charge >= 0.3 is 0 Å². The number of nitrogens with one attached hydrogen (secondary N) is 1. The van der Waals surface area contributed by atoms with Crippen LogP contribution in [-0.2, 0) is 6.54 Å². The van der Waals surface area contributed by atoms with Crippen molar-refractivity contribution in [1.82, 2.24) is 0 Å². The summed E-state index contributed by atoms with van der Waals surface area (Å²) in [6, 6.07) is 10.4. The average molecular weight is 242 g/mol. The van der Waals surface area contributed by atoms with Crippen molar-refractivity contribution >= 4 is 17.0 Å². The Morgan fingerprint density at radius 2 is 2.06 bits per heavy atom. The minimum absolute atomic E-state index is 0.742. The summed E-state index contributed by atoms with van der Waals surface area (Å²) in [5.41, 5.74) is 4.46. The molecular weight excluding hydrogens is 228 g/mol. The van der Waals surface area contributed by atoms with Gasteiger partial charge in [-0.05, 0) is 43.2 Å². The number of aryl methyl sites for hydroxylation is 2. The van der Waals surface area contributed by atoms with Crippen molar-refractivity contribution in [2.24, 2.45) is 0 Å². The van der Waals surface area contributed by atoms with Crippen LogP contribution in [0.15, 0.2) is 29.6 Å². The molecule has 2 rings (SSSR count). The fourth-order valence-electron chi connectivity index (χ4n) is 1.57. The van der Waals surface area contributed by atoms with Gasteiger partial charge in [-0.1, -0.05) is 6.07 Å². The maximum Gasteiger partial charge on any atom is 0.100 e. The Morgan fingerprint density at radius 1 is 1.24 bits per heavy atom. The number of anilines is 1. The first-order valence-corrected chi connectivity index (χ1v) is 6.35. The summed E-state index contributed by atoms with van der Waals surface area (Å²) >= 11 is 1.62. The summed E-state index contributed by atoms with van der Waals surface area (Å²) in [6.45, 7) is 4.99. The van der Waals surface area contributed by atoms with Crippen LogP contribution in [0.5, 0.6) is 0 Å². The second kappa shape index (κ2) is 5.03. The zero-order valence-electron chi connectivity index (χ0n) is 9.95. The highest BCUT2D eigenvalue weighted by atomic mass is 32.1.